The number of rotatable bonds is 6. The molecule has 0 rings (SSSR count). The lowest BCUT2D eigenvalue weighted by Crippen LogP contribution is -2.42. The summed E-state index contributed by atoms with van der Waals surface area (Å²) in [5.74, 6) is 0.858. The van der Waals surface area contributed by atoms with Gasteiger partial charge in [-0.05, 0) is 18.8 Å². The molecule has 0 saturated carbocycles. The number of carbonyl (C=O) groups excluding carboxylic acids is 1. The van der Waals surface area contributed by atoms with Crippen molar-refractivity contribution in [2.24, 2.45) is 11.8 Å². The molecule has 14 heavy (non-hydrogen) atoms. The van der Waals surface area contributed by atoms with E-state index in [-0.39, 0.29) is 17.9 Å². The quantitative estimate of drug-likeness (QED) is 0.734. The van der Waals surface area contributed by atoms with Crippen LogP contribution in [0.15, 0.2) is 0 Å². The second-order valence-electron chi connectivity index (χ2n) is 4.03. The van der Waals surface area contributed by atoms with Gasteiger partial charge in [0.15, 0.2) is 0 Å². The molecule has 1 atom stereocenters. The van der Waals surface area contributed by atoms with Gasteiger partial charge < -0.3 is 5.32 Å². The molecule has 0 radical (unpaired) electrons. The molecule has 0 bridgehead atoms. The third kappa shape index (κ3) is 4.45. The first-order chi connectivity index (χ1) is 6.56. The van der Waals surface area contributed by atoms with E-state index in [0.717, 1.165) is 18.2 Å². The largest absolute Gasteiger partial charge is 0.352 e. The average molecular weight is 264 g/mol. The Kier molecular flexibility index (Phi) is 7.24. The van der Waals surface area contributed by atoms with E-state index < -0.39 is 0 Å². The number of amides is 1. The zero-order chi connectivity index (χ0) is 11.1. The van der Waals surface area contributed by atoms with Crippen molar-refractivity contribution in [3.63, 3.8) is 0 Å². The van der Waals surface area contributed by atoms with Gasteiger partial charge >= 0.3 is 0 Å². The number of halogens is 1. The summed E-state index contributed by atoms with van der Waals surface area (Å²) in [7, 11) is 0. The molecule has 0 aliphatic rings. The summed E-state index contributed by atoms with van der Waals surface area (Å²) >= 11 is 3.42. The molecule has 1 unspecified atom stereocenters. The van der Waals surface area contributed by atoms with Gasteiger partial charge in [0.05, 0.1) is 0 Å². The maximum atomic E-state index is 11.7. The van der Waals surface area contributed by atoms with Gasteiger partial charge in [0.2, 0.25) is 5.91 Å². The summed E-state index contributed by atoms with van der Waals surface area (Å²) in [6.07, 6.45) is 1.85. The van der Waals surface area contributed by atoms with Crippen molar-refractivity contribution >= 4 is 21.8 Å². The predicted molar refractivity (Wildman–Crippen MR) is 64.6 cm³/mol. The van der Waals surface area contributed by atoms with Crippen LogP contribution in [-0.4, -0.2) is 17.3 Å². The minimum atomic E-state index is 0.176. The Morgan fingerprint density at radius 3 is 2.07 bits per heavy atom. The number of carbonyl (C=O) groups is 1. The van der Waals surface area contributed by atoms with Crippen LogP contribution in [0.1, 0.15) is 40.5 Å². The van der Waals surface area contributed by atoms with Crippen LogP contribution in [0.3, 0.4) is 0 Å². The molecule has 1 N–H and O–H groups in total. The zero-order valence-corrected chi connectivity index (χ0v) is 11.2. The van der Waals surface area contributed by atoms with Gasteiger partial charge in [-0.3, -0.25) is 4.79 Å². The van der Waals surface area contributed by atoms with E-state index >= 15 is 0 Å². The summed E-state index contributed by atoms with van der Waals surface area (Å²) in [5.41, 5.74) is 0. The summed E-state index contributed by atoms with van der Waals surface area (Å²) in [4.78, 5) is 11.7. The first-order valence-corrected chi connectivity index (χ1v) is 6.55. The summed E-state index contributed by atoms with van der Waals surface area (Å²) in [6.45, 7) is 8.37. The maximum Gasteiger partial charge on any atom is 0.223 e. The lowest BCUT2D eigenvalue weighted by Gasteiger charge is -2.22. The zero-order valence-electron chi connectivity index (χ0n) is 9.64. The highest BCUT2D eigenvalue weighted by molar-refractivity contribution is 9.09. The van der Waals surface area contributed by atoms with Crippen molar-refractivity contribution in [2.75, 3.05) is 5.33 Å². The number of nitrogens with one attached hydrogen (secondary N) is 1. The second-order valence-corrected chi connectivity index (χ2v) is 4.67. The summed E-state index contributed by atoms with van der Waals surface area (Å²) < 4.78 is 0. The third-order valence-electron chi connectivity index (χ3n) is 2.66. The molecule has 3 heteroatoms. The van der Waals surface area contributed by atoms with E-state index in [1.165, 1.54) is 0 Å². The van der Waals surface area contributed by atoms with Crippen LogP contribution in [0.25, 0.3) is 0 Å². The smallest absolute Gasteiger partial charge is 0.223 e. The van der Waals surface area contributed by atoms with E-state index in [0.29, 0.717) is 5.92 Å². The van der Waals surface area contributed by atoms with Gasteiger partial charge in [-0.1, -0.05) is 43.6 Å². The molecular formula is C11H22BrNO. The molecule has 2 nitrogen and oxygen atoms in total. The lowest BCUT2D eigenvalue weighted by atomic mass is 10.0. The number of hydrogen-bond donors (Lipinski definition) is 1. The third-order valence-corrected chi connectivity index (χ3v) is 3.35. The minimum absolute atomic E-state index is 0.176. The van der Waals surface area contributed by atoms with E-state index in [4.69, 9.17) is 0 Å². The Morgan fingerprint density at radius 1 is 1.29 bits per heavy atom. The van der Waals surface area contributed by atoms with E-state index in [2.05, 4.69) is 48.9 Å². The standard InChI is InChI=1S/C11H22BrNO/c1-5-9(6-2)11(14)13-10(7-12)8(3)4/h8-10H,5-7H2,1-4H3,(H,13,14). The lowest BCUT2D eigenvalue weighted by molar-refractivity contribution is -0.126. The van der Waals surface area contributed by atoms with Crippen LogP contribution < -0.4 is 5.32 Å². The molecule has 0 aliphatic carbocycles. The molecule has 0 aromatic rings. The van der Waals surface area contributed by atoms with E-state index in [1.54, 1.807) is 0 Å². The highest BCUT2D eigenvalue weighted by atomic mass is 79.9. The van der Waals surface area contributed by atoms with Crippen LogP contribution in [0.4, 0.5) is 0 Å². The van der Waals surface area contributed by atoms with Crippen molar-refractivity contribution in [3.05, 3.63) is 0 Å². The number of alkyl halides is 1. The molecule has 0 aromatic heterocycles. The average Bonchev–Trinajstić information content (AvgIpc) is 2.15. The molecule has 0 aromatic carbocycles. The SMILES string of the molecule is CCC(CC)C(=O)NC(CBr)C(C)C. The molecule has 0 heterocycles. The van der Waals surface area contributed by atoms with Gasteiger partial charge in [0.25, 0.3) is 0 Å². The Labute approximate surface area is 96.0 Å². The fourth-order valence-corrected chi connectivity index (χ4v) is 2.25. The highest BCUT2D eigenvalue weighted by Gasteiger charge is 2.19. The predicted octanol–water partition coefficient (Wildman–Crippen LogP) is 2.96. The Balaban J connectivity index is 4.13. The highest BCUT2D eigenvalue weighted by Crippen LogP contribution is 2.10. The molecule has 84 valence electrons. The Hall–Kier alpha value is -0.0500. The Bertz CT molecular complexity index is 167. The fraction of sp³-hybridized carbons (Fsp3) is 0.909. The first-order valence-electron chi connectivity index (χ1n) is 5.43. The van der Waals surface area contributed by atoms with Crippen molar-refractivity contribution in [1.82, 2.24) is 5.32 Å². The molecule has 0 spiro atoms. The van der Waals surface area contributed by atoms with Gasteiger partial charge in [-0.25, -0.2) is 0 Å². The van der Waals surface area contributed by atoms with Crippen molar-refractivity contribution in [1.29, 1.82) is 0 Å². The normalized spacial score (nSPS) is 13.4. The Morgan fingerprint density at radius 2 is 1.79 bits per heavy atom. The van der Waals surface area contributed by atoms with Gasteiger partial charge in [0, 0.05) is 17.3 Å². The van der Waals surface area contributed by atoms with Gasteiger partial charge in [0.1, 0.15) is 0 Å². The van der Waals surface area contributed by atoms with E-state index in [9.17, 15) is 4.79 Å². The van der Waals surface area contributed by atoms with Crippen LogP contribution in [-0.2, 0) is 4.79 Å². The van der Waals surface area contributed by atoms with Crippen LogP contribution in [0.5, 0.6) is 0 Å². The summed E-state index contributed by atoms with van der Waals surface area (Å²) in [6, 6.07) is 0.253. The fourth-order valence-electron chi connectivity index (χ4n) is 1.34. The molecule has 1 amide bonds. The van der Waals surface area contributed by atoms with Crippen molar-refractivity contribution in [2.45, 2.75) is 46.6 Å². The molecule has 0 aliphatic heterocycles. The van der Waals surface area contributed by atoms with Crippen LogP contribution >= 0.6 is 15.9 Å². The monoisotopic (exact) mass is 263 g/mol. The van der Waals surface area contributed by atoms with E-state index in [1.807, 2.05) is 0 Å². The molecule has 0 fully saturated rings. The van der Waals surface area contributed by atoms with Gasteiger partial charge in [-0.15, -0.1) is 0 Å². The van der Waals surface area contributed by atoms with Crippen molar-refractivity contribution < 1.29 is 4.79 Å². The van der Waals surface area contributed by atoms with Crippen molar-refractivity contribution in [3.8, 4) is 0 Å². The first kappa shape index (κ1) is 13.9. The minimum Gasteiger partial charge on any atom is -0.352 e. The summed E-state index contributed by atoms with van der Waals surface area (Å²) in [5, 5.41) is 3.91. The van der Waals surface area contributed by atoms with Crippen LogP contribution in [0, 0.1) is 11.8 Å². The topological polar surface area (TPSA) is 29.1 Å². The maximum absolute atomic E-state index is 11.7. The molecule has 0 saturated heterocycles. The second kappa shape index (κ2) is 7.27. The van der Waals surface area contributed by atoms with Gasteiger partial charge in [-0.2, -0.15) is 0 Å². The number of hydrogen-bond acceptors (Lipinski definition) is 1. The van der Waals surface area contributed by atoms with Crippen LogP contribution in [0.2, 0.25) is 0 Å². The molecular weight excluding hydrogens is 242 g/mol.